The Labute approximate surface area is 91.7 Å². The fourth-order valence-corrected chi connectivity index (χ4v) is 1.30. The maximum absolute atomic E-state index is 13.5. The zero-order chi connectivity index (χ0) is 11.4. The van der Waals surface area contributed by atoms with Crippen LogP contribution in [-0.4, -0.2) is 19.7 Å². The summed E-state index contributed by atoms with van der Waals surface area (Å²) in [5.41, 5.74) is -0.192. The molecule has 0 fully saturated rings. The Morgan fingerprint density at radius 3 is 2.73 bits per heavy atom. The summed E-state index contributed by atoms with van der Waals surface area (Å²) in [5, 5.41) is -0.219. The fraction of sp³-hybridized carbons (Fsp3) is 0.300. The largest absolute Gasteiger partial charge is 0.495 e. The first kappa shape index (κ1) is 11.8. The lowest BCUT2D eigenvalue weighted by atomic mass is 10.2. The van der Waals surface area contributed by atoms with Gasteiger partial charge in [0.15, 0.2) is 5.82 Å². The third kappa shape index (κ3) is 2.39. The summed E-state index contributed by atoms with van der Waals surface area (Å²) in [7, 11) is 1.37. The monoisotopic (exact) mass is 232 g/mol. The van der Waals surface area contributed by atoms with Gasteiger partial charge in [0.2, 0.25) is 0 Å². The lowest BCUT2D eigenvalue weighted by Crippen LogP contribution is -2.07. The number of methoxy groups -OCH3 is 1. The minimum Gasteiger partial charge on any atom is -0.495 e. The van der Waals surface area contributed by atoms with Crippen molar-refractivity contribution < 1.29 is 18.7 Å². The fourth-order valence-electron chi connectivity index (χ4n) is 1.06. The van der Waals surface area contributed by atoms with Crippen LogP contribution in [0.2, 0.25) is 5.02 Å². The molecule has 0 atom stereocenters. The summed E-state index contributed by atoms with van der Waals surface area (Å²) >= 11 is 5.63. The number of carbonyl (C=O) groups is 1. The van der Waals surface area contributed by atoms with Crippen LogP contribution in [0.1, 0.15) is 17.3 Å². The standard InChI is InChI=1S/C10H10ClFO3/c1-3-15-10(13)6-4-5-7(14-2)8(11)9(6)12/h4-5H,3H2,1-2H3. The third-order valence-corrected chi connectivity index (χ3v) is 2.11. The van der Waals surface area contributed by atoms with E-state index < -0.39 is 11.8 Å². The molecule has 0 radical (unpaired) electrons. The number of ether oxygens (including phenoxy) is 2. The van der Waals surface area contributed by atoms with Gasteiger partial charge in [-0.05, 0) is 19.1 Å². The second kappa shape index (κ2) is 4.98. The van der Waals surface area contributed by atoms with Crippen LogP contribution in [0.5, 0.6) is 5.75 Å². The van der Waals surface area contributed by atoms with E-state index in [-0.39, 0.29) is 22.9 Å². The molecule has 15 heavy (non-hydrogen) atoms. The molecule has 3 nitrogen and oxygen atoms in total. The normalized spacial score (nSPS) is 9.87. The maximum atomic E-state index is 13.5. The van der Waals surface area contributed by atoms with E-state index in [0.29, 0.717) is 0 Å². The minimum absolute atomic E-state index is 0.182. The first-order chi connectivity index (χ1) is 7.11. The van der Waals surface area contributed by atoms with Crippen LogP contribution in [0.15, 0.2) is 12.1 Å². The van der Waals surface area contributed by atoms with Gasteiger partial charge in [-0.15, -0.1) is 0 Å². The van der Waals surface area contributed by atoms with Gasteiger partial charge in [0.25, 0.3) is 0 Å². The molecule has 0 saturated heterocycles. The average molecular weight is 233 g/mol. The highest BCUT2D eigenvalue weighted by Crippen LogP contribution is 2.29. The predicted octanol–water partition coefficient (Wildman–Crippen LogP) is 2.66. The summed E-state index contributed by atoms with van der Waals surface area (Å²) < 4.78 is 23.0. The van der Waals surface area contributed by atoms with E-state index in [4.69, 9.17) is 16.3 Å². The van der Waals surface area contributed by atoms with Crippen molar-refractivity contribution in [3.05, 3.63) is 28.5 Å². The second-order valence-electron chi connectivity index (χ2n) is 2.66. The summed E-state index contributed by atoms with van der Waals surface area (Å²) in [6.45, 7) is 1.82. The maximum Gasteiger partial charge on any atom is 0.341 e. The van der Waals surface area contributed by atoms with Gasteiger partial charge >= 0.3 is 5.97 Å². The number of benzene rings is 1. The molecule has 0 aromatic heterocycles. The average Bonchev–Trinajstić information content (AvgIpc) is 2.22. The zero-order valence-corrected chi connectivity index (χ0v) is 9.10. The van der Waals surface area contributed by atoms with Crippen LogP contribution in [0.25, 0.3) is 0 Å². The Bertz CT molecular complexity index is 379. The number of esters is 1. The number of hydrogen-bond acceptors (Lipinski definition) is 3. The molecule has 0 spiro atoms. The summed E-state index contributed by atoms with van der Waals surface area (Å²) in [6.07, 6.45) is 0. The van der Waals surface area contributed by atoms with Gasteiger partial charge in [-0.1, -0.05) is 11.6 Å². The van der Waals surface area contributed by atoms with Crippen molar-refractivity contribution in [2.45, 2.75) is 6.92 Å². The zero-order valence-electron chi connectivity index (χ0n) is 8.34. The highest BCUT2D eigenvalue weighted by Gasteiger charge is 2.18. The molecule has 0 aliphatic heterocycles. The molecular weight excluding hydrogens is 223 g/mol. The lowest BCUT2D eigenvalue weighted by Gasteiger charge is -2.07. The topological polar surface area (TPSA) is 35.5 Å². The van der Waals surface area contributed by atoms with Crippen LogP contribution >= 0.6 is 11.6 Å². The molecule has 82 valence electrons. The lowest BCUT2D eigenvalue weighted by molar-refractivity contribution is 0.0521. The van der Waals surface area contributed by atoms with Gasteiger partial charge in [-0.25, -0.2) is 9.18 Å². The molecular formula is C10H10ClFO3. The van der Waals surface area contributed by atoms with Crippen LogP contribution in [0, 0.1) is 5.82 Å². The van der Waals surface area contributed by atoms with Crippen molar-refractivity contribution in [2.75, 3.05) is 13.7 Å². The summed E-state index contributed by atoms with van der Waals surface area (Å²) in [6, 6.07) is 2.69. The molecule has 0 saturated carbocycles. The molecule has 1 rings (SSSR count). The molecule has 1 aromatic carbocycles. The highest BCUT2D eigenvalue weighted by atomic mass is 35.5. The van der Waals surface area contributed by atoms with Crippen LogP contribution in [-0.2, 0) is 4.74 Å². The van der Waals surface area contributed by atoms with Crippen LogP contribution < -0.4 is 4.74 Å². The van der Waals surface area contributed by atoms with Crippen molar-refractivity contribution in [3.8, 4) is 5.75 Å². The van der Waals surface area contributed by atoms with Gasteiger partial charge in [0.1, 0.15) is 10.8 Å². The van der Waals surface area contributed by atoms with E-state index in [9.17, 15) is 9.18 Å². The van der Waals surface area contributed by atoms with Gasteiger partial charge in [0, 0.05) is 0 Å². The molecule has 0 amide bonds. The van der Waals surface area contributed by atoms with Gasteiger partial charge in [0.05, 0.1) is 19.3 Å². The number of carbonyl (C=O) groups excluding carboxylic acids is 1. The Morgan fingerprint density at radius 2 is 2.20 bits per heavy atom. The van der Waals surface area contributed by atoms with E-state index in [1.165, 1.54) is 19.2 Å². The molecule has 1 aromatic rings. The summed E-state index contributed by atoms with van der Waals surface area (Å²) in [4.78, 5) is 11.3. The molecule has 0 unspecified atom stereocenters. The predicted molar refractivity (Wildman–Crippen MR) is 53.9 cm³/mol. The Kier molecular flexibility index (Phi) is 3.91. The van der Waals surface area contributed by atoms with Gasteiger partial charge in [-0.3, -0.25) is 0 Å². The third-order valence-electron chi connectivity index (χ3n) is 1.76. The van der Waals surface area contributed by atoms with E-state index in [1.54, 1.807) is 6.92 Å². The SMILES string of the molecule is CCOC(=O)c1ccc(OC)c(Cl)c1F. The second-order valence-corrected chi connectivity index (χ2v) is 3.04. The van der Waals surface area contributed by atoms with Crippen molar-refractivity contribution in [1.82, 2.24) is 0 Å². The molecule has 0 heterocycles. The van der Waals surface area contributed by atoms with Gasteiger partial charge < -0.3 is 9.47 Å². The molecule has 0 bridgehead atoms. The number of halogens is 2. The Balaban J connectivity index is 3.11. The number of hydrogen-bond donors (Lipinski definition) is 0. The van der Waals surface area contributed by atoms with E-state index in [1.807, 2.05) is 0 Å². The number of rotatable bonds is 3. The Morgan fingerprint density at radius 1 is 1.53 bits per heavy atom. The minimum atomic E-state index is -0.825. The molecule has 0 aliphatic carbocycles. The smallest absolute Gasteiger partial charge is 0.341 e. The van der Waals surface area contributed by atoms with Crippen LogP contribution in [0.4, 0.5) is 4.39 Å². The first-order valence-electron chi connectivity index (χ1n) is 4.31. The Hall–Kier alpha value is -1.29. The van der Waals surface area contributed by atoms with E-state index >= 15 is 0 Å². The first-order valence-corrected chi connectivity index (χ1v) is 4.68. The van der Waals surface area contributed by atoms with Crippen molar-refractivity contribution in [3.63, 3.8) is 0 Å². The molecule has 0 N–H and O–H groups in total. The van der Waals surface area contributed by atoms with E-state index in [0.717, 1.165) is 0 Å². The van der Waals surface area contributed by atoms with Crippen molar-refractivity contribution in [2.24, 2.45) is 0 Å². The van der Waals surface area contributed by atoms with Crippen molar-refractivity contribution in [1.29, 1.82) is 0 Å². The molecule has 5 heteroatoms. The summed E-state index contributed by atoms with van der Waals surface area (Å²) in [5.74, 6) is -1.38. The quantitative estimate of drug-likeness (QED) is 0.752. The van der Waals surface area contributed by atoms with Crippen LogP contribution in [0.3, 0.4) is 0 Å². The molecule has 0 aliphatic rings. The van der Waals surface area contributed by atoms with Gasteiger partial charge in [-0.2, -0.15) is 0 Å². The van der Waals surface area contributed by atoms with Crippen molar-refractivity contribution >= 4 is 17.6 Å². The van der Waals surface area contributed by atoms with E-state index in [2.05, 4.69) is 4.74 Å². The highest BCUT2D eigenvalue weighted by molar-refractivity contribution is 6.32.